The molecular weight excluding hydrogens is 170 g/mol. The van der Waals surface area contributed by atoms with Crippen LogP contribution in [0.4, 0.5) is 0 Å². The molecule has 0 rings (SSSR count). The van der Waals surface area contributed by atoms with Crippen LogP contribution < -0.4 is 0 Å². The quantitative estimate of drug-likeness (QED) is 0.577. The smallest absolute Gasteiger partial charge is 0.219 e. The van der Waals surface area contributed by atoms with E-state index in [1.54, 1.807) is 18.9 Å². The van der Waals surface area contributed by atoms with E-state index >= 15 is 0 Å². The summed E-state index contributed by atoms with van der Waals surface area (Å²) in [5.41, 5.74) is 0. The van der Waals surface area contributed by atoms with Gasteiger partial charge >= 0.3 is 0 Å². The fourth-order valence-electron chi connectivity index (χ4n) is 0.284. The van der Waals surface area contributed by atoms with Gasteiger partial charge < -0.3 is 4.90 Å². The van der Waals surface area contributed by atoms with Crippen LogP contribution in [-0.2, 0) is 4.79 Å². The summed E-state index contributed by atoms with van der Waals surface area (Å²) in [6, 6.07) is 0. The first kappa shape index (κ1) is 7.95. The van der Waals surface area contributed by atoms with Crippen LogP contribution in [0.1, 0.15) is 6.92 Å². The fourth-order valence-corrected chi connectivity index (χ4v) is 0.816. The molecule has 0 unspecified atom stereocenters. The lowest BCUT2D eigenvalue weighted by molar-refractivity contribution is -0.127. The molecule has 1 amide bonds. The molecule has 0 bridgehead atoms. The molecule has 48 valence electrons. The highest BCUT2D eigenvalue weighted by atomic mass is 79.9. The van der Waals surface area contributed by atoms with E-state index < -0.39 is 0 Å². The summed E-state index contributed by atoms with van der Waals surface area (Å²) < 4.78 is 0. The molecule has 0 aliphatic rings. The van der Waals surface area contributed by atoms with Crippen LogP contribution in [0.15, 0.2) is 0 Å². The van der Waals surface area contributed by atoms with Crippen molar-refractivity contribution in [1.29, 1.82) is 0 Å². The third kappa shape index (κ3) is 3.02. The molecule has 0 saturated heterocycles. The molecule has 0 saturated carbocycles. The Morgan fingerprint density at radius 1 is 1.75 bits per heavy atom. The van der Waals surface area contributed by atoms with E-state index in [2.05, 4.69) is 15.9 Å². The first-order valence-corrected chi connectivity index (χ1v) is 3.58. The van der Waals surface area contributed by atoms with Crippen LogP contribution in [0.5, 0.6) is 0 Å². The molecule has 0 heterocycles. The first-order valence-electron chi connectivity index (χ1n) is 2.46. The fraction of sp³-hybridized carbons (Fsp3) is 0.800. The maximum atomic E-state index is 10.4. The number of carbonyl (C=O) groups excluding carboxylic acids is 1. The maximum absolute atomic E-state index is 10.4. The van der Waals surface area contributed by atoms with Crippen LogP contribution >= 0.6 is 15.9 Å². The number of hydrogen-bond donors (Lipinski definition) is 0. The van der Waals surface area contributed by atoms with Gasteiger partial charge in [0, 0.05) is 25.8 Å². The monoisotopic (exact) mass is 179 g/mol. The van der Waals surface area contributed by atoms with Gasteiger partial charge in [-0.3, -0.25) is 4.79 Å². The molecule has 0 aromatic carbocycles. The summed E-state index contributed by atoms with van der Waals surface area (Å²) in [5.74, 6) is 0.115. The summed E-state index contributed by atoms with van der Waals surface area (Å²) in [6.07, 6.45) is 0. The van der Waals surface area contributed by atoms with Gasteiger partial charge in [-0.2, -0.15) is 0 Å². The summed E-state index contributed by atoms with van der Waals surface area (Å²) in [4.78, 5) is 12.1. The first-order chi connectivity index (χ1) is 3.68. The van der Waals surface area contributed by atoms with Crippen molar-refractivity contribution >= 4 is 21.8 Å². The Morgan fingerprint density at radius 3 is 2.38 bits per heavy atom. The number of alkyl halides is 1. The largest absolute Gasteiger partial charge is 0.345 e. The summed E-state index contributed by atoms with van der Waals surface area (Å²) in [7, 11) is 1.78. The van der Waals surface area contributed by atoms with Gasteiger partial charge in [-0.1, -0.05) is 15.9 Å². The summed E-state index contributed by atoms with van der Waals surface area (Å²) >= 11 is 3.22. The van der Waals surface area contributed by atoms with Crippen molar-refractivity contribution in [3.8, 4) is 0 Å². The number of hydrogen-bond acceptors (Lipinski definition) is 1. The van der Waals surface area contributed by atoms with E-state index in [0.717, 1.165) is 11.9 Å². The minimum absolute atomic E-state index is 0.115. The molecule has 0 N–H and O–H groups in total. The van der Waals surface area contributed by atoms with Crippen LogP contribution in [0.3, 0.4) is 0 Å². The lowest BCUT2D eigenvalue weighted by Crippen LogP contribution is -2.25. The number of rotatable bonds is 2. The average Bonchev–Trinajstić information content (AvgIpc) is 1.67. The van der Waals surface area contributed by atoms with E-state index in [4.69, 9.17) is 0 Å². The van der Waals surface area contributed by atoms with Gasteiger partial charge in [0.1, 0.15) is 0 Å². The molecule has 8 heavy (non-hydrogen) atoms. The highest BCUT2D eigenvalue weighted by Crippen LogP contribution is 1.85. The van der Waals surface area contributed by atoms with Crippen molar-refractivity contribution in [1.82, 2.24) is 4.90 Å². The predicted molar refractivity (Wildman–Crippen MR) is 37.1 cm³/mol. The van der Waals surface area contributed by atoms with E-state index in [-0.39, 0.29) is 5.91 Å². The van der Waals surface area contributed by atoms with E-state index in [1.165, 1.54) is 0 Å². The lowest BCUT2D eigenvalue weighted by Gasteiger charge is -2.11. The molecule has 3 heteroatoms. The molecule has 0 aromatic heterocycles. The molecule has 0 aromatic rings. The van der Waals surface area contributed by atoms with E-state index in [9.17, 15) is 4.79 Å². The van der Waals surface area contributed by atoms with E-state index in [0.29, 0.717) is 0 Å². The second-order valence-electron chi connectivity index (χ2n) is 1.63. The SMILES string of the molecule is CC(=O)N(C)CCBr. The number of amides is 1. The van der Waals surface area contributed by atoms with Gasteiger partial charge in [0.25, 0.3) is 0 Å². The minimum atomic E-state index is 0.115. The van der Waals surface area contributed by atoms with E-state index in [1.807, 2.05) is 0 Å². The highest BCUT2D eigenvalue weighted by molar-refractivity contribution is 9.09. The molecular formula is C5H10BrNO. The van der Waals surface area contributed by atoms with Gasteiger partial charge in [0.2, 0.25) is 5.91 Å². The zero-order chi connectivity index (χ0) is 6.57. The number of halogens is 1. The molecule has 0 atom stereocenters. The Labute approximate surface area is 58.0 Å². The van der Waals surface area contributed by atoms with Gasteiger partial charge in [0.15, 0.2) is 0 Å². The Morgan fingerprint density at radius 2 is 2.25 bits per heavy atom. The van der Waals surface area contributed by atoms with Crippen molar-refractivity contribution in [2.24, 2.45) is 0 Å². The standard InChI is InChI=1S/C5H10BrNO/c1-5(8)7(2)4-3-6/h3-4H2,1-2H3. The predicted octanol–water partition coefficient (Wildman–Crippen LogP) is 0.860. The van der Waals surface area contributed by atoms with Crippen molar-refractivity contribution in [3.05, 3.63) is 0 Å². The van der Waals surface area contributed by atoms with Gasteiger partial charge in [-0.05, 0) is 0 Å². The second kappa shape index (κ2) is 3.89. The Kier molecular flexibility index (Phi) is 3.87. The van der Waals surface area contributed by atoms with Crippen LogP contribution in [0.2, 0.25) is 0 Å². The zero-order valence-electron chi connectivity index (χ0n) is 5.15. The number of nitrogens with zero attached hydrogens (tertiary/aromatic N) is 1. The molecule has 0 radical (unpaired) electrons. The third-order valence-electron chi connectivity index (χ3n) is 0.957. The Bertz CT molecular complexity index is 84.5. The van der Waals surface area contributed by atoms with Crippen molar-refractivity contribution in [2.45, 2.75) is 6.92 Å². The average molecular weight is 180 g/mol. The van der Waals surface area contributed by atoms with Crippen molar-refractivity contribution in [3.63, 3.8) is 0 Å². The molecule has 2 nitrogen and oxygen atoms in total. The number of carbonyl (C=O) groups is 1. The van der Waals surface area contributed by atoms with Crippen LogP contribution in [0, 0.1) is 0 Å². The van der Waals surface area contributed by atoms with Crippen LogP contribution in [0.25, 0.3) is 0 Å². The normalized spacial score (nSPS) is 8.88. The van der Waals surface area contributed by atoms with Crippen molar-refractivity contribution < 1.29 is 4.79 Å². The molecule has 0 aliphatic heterocycles. The van der Waals surface area contributed by atoms with Crippen LogP contribution in [-0.4, -0.2) is 29.7 Å². The topological polar surface area (TPSA) is 20.3 Å². The maximum Gasteiger partial charge on any atom is 0.219 e. The lowest BCUT2D eigenvalue weighted by atomic mass is 10.6. The van der Waals surface area contributed by atoms with Gasteiger partial charge in [-0.15, -0.1) is 0 Å². The third-order valence-corrected chi connectivity index (χ3v) is 1.31. The van der Waals surface area contributed by atoms with Gasteiger partial charge in [-0.25, -0.2) is 0 Å². The van der Waals surface area contributed by atoms with Gasteiger partial charge in [0.05, 0.1) is 0 Å². The zero-order valence-corrected chi connectivity index (χ0v) is 6.73. The Balaban J connectivity index is 3.32. The summed E-state index contributed by atoms with van der Waals surface area (Å²) in [5, 5.41) is 0.850. The molecule has 0 fully saturated rings. The molecule has 0 spiro atoms. The Hall–Kier alpha value is -0.0500. The second-order valence-corrected chi connectivity index (χ2v) is 2.42. The molecule has 0 aliphatic carbocycles. The highest BCUT2D eigenvalue weighted by Gasteiger charge is 1.97. The van der Waals surface area contributed by atoms with Crippen molar-refractivity contribution in [2.75, 3.05) is 18.9 Å². The summed E-state index contributed by atoms with van der Waals surface area (Å²) in [6.45, 7) is 2.35. The minimum Gasteiger partial charge on any atom is -0.345 e.